The van der Waals surface area contributed by atoms with Crippen LogP contribution in [0.3, 0.4) is 0 Å². The molecule has 138 valence electrons. The van der Waals surface area contributed by atoms with Crippen LogP contribution in [0.1, 0.15) is 22.8 Å². The molecule has 1 unspecified atom stereocenters. The molecule has 1 aliphatic rings. The second-order valence-corrected chi connectivity index (χ2v) is 6.07. The quantitative estimate of drug-likeness (QED) is 0.680. The molecule has 0 spiro atoms. The van der Waals surface area contributed by atoms with Gasteiger partial charge in [0.1, 0.15) is 11.5 Å². The normalized spacial score (nSPS) is 16.6. The van der Waals surface area contributed by atoms with E-state index in [-0.39, 0.29) is 23.8 Å². The fourth-order valence-corrected chi connectivity index (χ4v) is 2.79. The average Bonchev–Trinajstić information content (AvgIpc) is 3.37. The van der Waals surface area contributed by atoms with Gasteiger partial charge in [0.2, 0.25) is 0 Å². The van der Waals surface area contributed by atoms with Crippen LogP contribution in [0.5, 0.6) is 0 Å². The zero-order chi connectivity index (χ0) is 18.6. The molecule has 1 aliphatic heterocycles. The first kappa shape index (κ1) is 17.2. The van der Waals surface area contributed by atoms with E-state index < -0.39 is 5.82 Å². The highest BCUT2D eigenvalue weighted by Gasteiger charge is 2.30. The maximum absolute atomic E-state index is 12.9. The summed E-state index contributed by atoms with van der Waals surface area (Å²) in [6.45, 7) is 1.38. The molecule has 0 bridgehead atoms. The molecule has 3 aromatic heterocycles. The third kappa shape index (κ3) is 3.98. The van der Waals surface area contributed by atoms with E-state index in [9.17, 15) is 9.18 Å². The summed E-state index contributed by atoms with van der Waals surface area (Å²) in [5, 5.41) is 7.60. The summed E-state index contributed by atoms with van der Waals surface area (Å²) in [5.74, 6) is -0.884. The molecule has 4 heterocycles. The monoisotopic (exact) mass is 369 g/mol. The molecule has 27 heavy (non-hydrogen) atoms. The lowest BCUT2D eigenvalue weighted by atomic mass is 10.3. The van der Waals surface area contributed by atoms with Crippen molar-refractivity contribution in [2.75, 3.05) is 13.1 Å². The van der Waals surface area contributed by atoms with E-state index in [4.69, 9.17) is 9.15 Å². The van der Waals surface area contributed by atoms with Crippen molar-refractivity contribution in [3.8, 4) is 11.6 Å². The lowest BCUT2D eigenvalue weighted by Gasteiger charge is -2.14. The van der Waals surface area contributed by atoms with Gasteiger partial charge < -0.3 is 14.1 Å². The predicted octanol–water partition coefficient (Wildman–Crippen LogP) is 2.10. The maximum Gasteiger partial charge on any atom is 0.311 e. The Kier molecular flexibility index (Phi) is 4.84. The molecule has 0 N–H and O–H groups in total. The number of nitrogens with zero attached hydrogens (tertiary/aromatic N) is 5. The van der Waals surface area contributed by atoms with Crippen LogP contribution in [0.15, 0.2) is 47.1 Å². The number of aromatic nitrogens is 4. The van der Waals surface area contributed by atoms with Gasteiger partial charge in [0.05, 0.1) is 24.6 Å². The number of hydrogen-bond acceptors (Lipinski definition) is 7. The standard InChI is InChI=1S/C18H16FN5O3/c19-12-4-5-15(21-9-12)16-22-23-17(27-16)18(25)24-8-6-14(10-24)26-11-13-3-1-2-7-20-13/h1-5,7,9,14H,6,8,10-11H2. The van der Waals surface area contributed by atoms with E-state index in [0.717, 1.165) is 18.3 Å². The highest BCUT2D eigenvalue weighted by Crippen LogP contribution is 2.19. The summed E-state index contributed by atoms with van der Waals surface area (Å²) >= 11 is 0. The molecule has 0 aliphatic carbocycles. The fraction of sp³-hybridized carbons (Fsp3) is 0.278. The Hall–Kier alpha value is -3.20. The summed E-state index contributed by atoms with van der Waals surface area (Å²) in [6.07, 6.45) is 3.41. The molecule has 1 saturated heterocycles. The minimum atomic E-state index is -0.469. The highest BCUT2D eigenvalue weighted by molar-refractivity contribution is 5.90. The van der Waals surface area contributed by atoms with E-state index in [1.165, 1.54) is 12.1 Å². The first-order valence-corrected chi connectivity index (χ1v) is 8.45. The smallest absolute Gasteiger partial charge is 0.311 e. The Bertz CT molecular complexity index is 916. The summed E-state index contributed by atoms with van der Waals surface area (Å²) in [7, 11) is 0. The van der Waals surface area contributed by atoms with Gasteiger partial charge in [0, 0.05) is 19.3 Å². The SMILES string of the molecule is O=C(c1nnc(-c2ccc(F)cn2)o1)N1CCC(OCc2ccccn2)C1. The van der Waals surface area contributed by atoms with E-state index in [2.05, 4.69) is 20.2 Å². The van der Waals surface area contributed by atoms with Gasteiger partial charge in [0.25, 0.3) is 5.89 Å². The first-order chi connectivity index (χ1) is 13.2. The minimum absolute atomic E-state index is 0.0699. The maximum atomic E-state index is 12.9. The molecular formula is C18H16FN5O3. The summed E-state index contributed by atoms with van der Waals surface area (Å²) in [5.41, 5.74) is 1.15. The van der Waals surface area contributed by atoms with Crippen LogP contribution in [0.4, 0.5) is 4.39 Å². The van der Waals surface area contributed by atoms with Crippen LogP contribution >= 0.6 is 0 Å². The van der Waals surface area contributed by atoms with Crippen molar-refractivity contribution in [3.63, 3.8) is 0 Å². The van der Waals surface area contributed by atoms with Crippen LogP contribution in [0.2, 0.25) is 0 Å². The Balaban J connectivity index is 1.35. The number of hydrogen-bond donors (Lipinski definition) is 0. The van der Waals surface area contributed by atoms with Crippen molar-refractivity contribution in [2.24, 2.45) is 0 Å². The molecule has 4 rings (SSSR count). The van der Waals surface area contributed by atoms with Gasteiger partial charge in [-0.15, -0.1) is 10.2 Å². The molecule has 0 saturated carbocycles. The van der Waals surface area contributed by atoms with Crippen molar-refractivity contribution in [2.45, 2.75) is 19.1 Å². The van der Waals surface area contributed by atoms with Crippen LogP contribution in [0, 0.1) is 5.82 Å². The van der Waals surface area contributed by atoms with E-state index in [1.807, 2.05) is 18.2 Å². The van der Waals surface area contributed by atoms with Crippen molar-refractivity contribution >= 4 is 5.91 Å². The highest BCUT2D eigenvalue weighted by atomic mass is 19.1. The fourth-order valence-electron chi connectivity index (χ4n) is 2.79. The number of rotatable bonds is 5. The number of carbonyl (C=O) groups excluding carboxylic acids is 1. The number of carbonyl (C=O) groups is 1. The van der Waals surface area contributed by atoms with Crippen LogP contribution < -0.4 is 0 Å². The second kappa shape index (κ2) is 7.58. The van der Waals surface area contributed by atoms with Gasteiger partial charge in [-0.3, -0.25) is 9.78 Å². The van der Waals surface area contributed by atoms with Crippen molar-refractivity contribution < 1.29 is 18.3 Å². The van der Waals surface area contributed by atoms with Crippen molar-refractivity contribution in [3.05, 3.63) is 60.1 Å². The van der Waals surface area contributed by atoms with Crippen molar-refractivity contribution in [1.82, 2.24) is 25.1 Å². The predicted molar refractivity (Wildman–Crippen MR) is 90.8 cm³/mol. The van der Waals surface area contributed by atoms with Crippen LogP contribution in [-0.2, 0) is 11.3 Å². The van der Waals surface area contributed by atoms with E-state index in [1.54, 1.807) is 11.1 Å². The minimum Gasteiger partial charge on any atom is -0.411 e. The molecule has 0 aromatic carbocycles. The lowest BCUT2D eigenvalue weighted by molar-refractivity contribution is 0.0413. The summed E-state index contributed by atoms with van der Waals surface area (Å²) < 4.78 is 24.2. The van der Waals surface area contributed by atoms with Gasteiger partial charge in [0.15, 0.2) is 0 Å². The van der Waals surface area contributed by atoms with Crippen LogP contribution in [0.25, 0.3) is 11.6 Å². The Morgan fingerprint density at radius 2 is 2.19 bits per heavy atom. The molecule has 1 amide bonds. The number of likely N-dealkylation sites (tertiary alicyclic amines) is 1. The molecule has 1 atom stereocenters. The van der Waals surface area contributed by atoms with Crippen molar-refractivity contribution in [1.29, 1.82) is 0 Å². The van der Waals surface area contributed by atoms with Gasteiger partial charge >= 0.3 is 11.8 Å². The Morgan fingerprint density at radius 3 is 2.96 bits per heavy atom. The second-order valence-electron chi connectivity index (χ2n) is 6.07. The topological polar surface area (TPSA) is 94.2 Å². The summed E-state index contributed by atoms with van der Waals surface area (Å²) in [4.78, 5) is 22.2. The largest absolute Gasteiger partial charge is 0.411 e. The third-order valence-corrected chi connectivity index (χ3v) is 4.18. The first-order valence-electron chi connectivity index (χ1n) is 8.45. The Morgan fingerprint density at radius 1 is 1.26 bits per heavy atom. The molecular weight excluding hydrogens is 353 g/mol. The third-order valence-electron chi connectivity index (χ3n) is 4.18. The average molecular weight is 369 g/mol. The van der Waals surface area contributed by atoms with E-state index >= 15 is 0 Å². The summed E-state index contributed by atoms with van der Waals surface area (Å²) in [6, 6.07) is 8.28. The number of amides is 1. The van der Waals surface area contributed by atoms with Gasteiger partial charge in [-0.05, 0) is 30.7 Å². The molecule has 1 fully saturated rings. The van der Waals surface area contributed by atoms with Gasteiger partial charge in [-0.25, -0.2) is 9.37 Å². The molecule has 9 heteroatoms. The lowest BCUT2D eigenvalue weighted by Crippen LogP contribution is -2.30. The Labute approximate surface area is 154 Å². The van der Waals surface area contributed by atoms with Gasteiger partial charge in [-0.2, -0.15) is 0 Å². The van der Waals surface area contributed by atoms with Crippen LogP contribution in [-0.4, -0.2) is 50.2 Å². The number of ether oxygens (including phenoxy) is 1. The molecule has 8 nitrogen and oxygen atoms in total. The zero-order valence-corrected chi connectivity index (χ0v) is 14.3. The number of halogens is 1. The molecule has 0 radical (unpaired) electrons. The van der Waals surface area contributed by atoms with Gasteiger partial charge in [-0.1, -0.05) is 6.07 Å². The number of pyridine rings is 2. The zero-order valence-electron chi connectivity index (χ0n) is 14.3. The molecule has 3 aromatic rings. The van der Waals surface area contributed by atoms with E-state index in [0.29, 0.717) is 25.4 Å².